The molecule has 0 aromatic rings. The zero-order chi connectivity index (χ0) is 17.3. The number of nitrogens with zero attached hydrogens (tertiary/aromatic N) is 1. The molecule has 0 rings (SSSR count). The van der Waals surface area contributed by atoms with Crippen LogP contribution in [0.2, 0.25) is 0 Å². The van der Waals surface area contributed by atoms with Crippen LogP contribution in [0.5, 0.6) is 0 Å². The number of hydrogen-bond donors (Lipinski definition) is 1. The van der Waals surface area contributed by atoms with E-state index >= 15 is 0 Å². The smallest absolute Gasteiger partial charge is 0.171 e. The quantitative estimate of drug-likeness (QED) is 0.313. The molecule has 0 radical (unpaired) electrons. The molecule has 0 heterocycles. The molecule has 1 N–H and O–H groups in total. The molecular formula is C15H36N2O4P2. The zero-order valence-corrected chi connectivity index (χ0v) is 17.3. The molecule has 23 heavy (non-hydrogen) atoms. The first kappa shape index (κ1) is 23.6. The predicted molar refractivity (Wildman–Crippen MR) is 100 cm³/mol. The summed E-state index contributed by atoms with van der Waals surface area (Å²) in [4.78, 5) is 2.47. The van der Waals surface area contributed by atoms with Crippen LogP contribution < -0.4 is 5.32 Å². The van der Waals surface area contributed by atoms with Crippen molar-refractivity contribution in [2.75, 3.05) is 72.5 Å². The molecule has 0 aliphatic heterocycles. The molecule has 0 aromatic carbocycles. The van der Waals surface area contributed by atoms with E-state index in [-0.39, 0.29) is 0 Å². The van der Waals surface area contributed by atoms with Gasteiger partial charge in [-0.2, -0.15) is 0 Å². The van der Waals surface area contributed by atoms with Gasteiger partial charge in [0.1, 0.15) is 0 Å². The maximum atomic E-state index is 5.70. The highest BCUT2D eigenvalue weighted by Gasteiger charge is 2.15. The summed E-state index contributed by atoms with van der Waals surface area (Å²) in [5, 5.41) is 3.21. The number of rotatable bonds is 17. The van der Waals surface area contributed by atoms with Crippen LogP contribution in [0.4, 0.5) is 0 Å². The van der Waals surface area contributed by atoms with Gasteiger partial charge in [0.25, 0.3) is 0 Å². The highest BCUT2D eigenvalue weighted by Crippen LogP contribution is 2.38. The van der Waals surface area contributed by atoms with Crippen molar-refractivity contribution in [2.24, 2.45) is 0 Å². The monoisotopic (exact) mass is 370 g/mol. The lowest BCUT2D eigenvalue weighted by molar-refractivity contribution is 0.252. The third-order valence-electron chi connectivity index (χ3n) is 3.12. The second-order valence-electron chi connectivity index (χ2n) is 4.85. The van der Waals surface area contributed by atoms with Crippen molar-refractivity contribution in [3.8, 4) is 0 Å². The molecule has 0 saturated carbocycles. The number of hydrogen-bond acceptors (Lipinski definition) is 6. The first-order valence-electron chi connectivity index (χ1n) is 8.56. The molecule has 0 fully saturated rings. The summed E-state index contributed by atoms with van der Waals surface area (Å²) in [6, 6.07) is 0. The van der Waals surface area contributed by atoms with Crippen molar-refractivity contribution in [1.82, 2.24) is 10.2 Å². The Hall–Kier alpha value is 0.620. The van der Waals surface area contributed by atoms with Gasteiger partial charge < -0.3 is 28.3 Å². The minimum absolute atomic E-state index is 0.708. The highest BCUT2D eigenvalue weighted by atomic mass is 31.2. The molecular weight excluding hydrogens is 334 g/mol. The third-order valence-corrected chi connectivity index (χ3v) is 6.30. The average molecular weight is 370 g/mol. The van der Waals surface area contributed by atoms with E-state index in [9.17, 15) is 0 Å². The van der Waals surface area contributed by atoms with Gasteiger partial charge in [0.15, 0.2) is 16.8 Å². The van der Waals surface area contributed by atoms with Crippen molar-refractivity contribution in [3.63, 3.8) is 0 Å². The fraction of sp³-hybridized carbons (Fsp3) is 1.00. The average Bonchev–Trinajstić information content (AvgIpc) is 2.55. The second-order valence-corrected chi connectivity index (χ2v) is 8.21. The van der Waals surface area contributed by atoms with Gasteiger partial charge >= 0.3 is 0 Å². The van der Waals surface area contributed by atoms with Crippen molar-refractivity contribution in [3.05, 3.63) is 0 Å². The summed E-state index contributed by atoms with van der Waals surface area (Å²) in [6.45, 7) is 12.3. The molecule has 140 valence electrons. The lowest BCUT2D eigenvalue weighted by atomic mass is 10.3. The summed E-state index contributed by atoms with van der Waals surface area (Å²) < 4.78 is 22.5. The Labute approximate surface area is 145 Å². The fourth-order valence-electron chi connectivity index (χ4n) is 2.07. The first-order valence-corrected chi connectivity index (χ1v) is 11.3. The van der Waals surface area contributed by atoms with Gasteiger partial charge in [0.2, 0.25) is 0 Å². The van der Waals surface area contributed by atoms with Crippen LogP contribution >= 0.6 is 16.8 Å². The van der Waals surface area contributed by atoms with Gasteiger partial charge in [-0.15, -0.1) is 0 Å². The minimum Gasteiger partial charge on any atom is -0.337 e. The van der Waals surface area contributed by atoms with Crippen molar-refractivity contribution < 1.29 is 18.1 Å². The van der Waals surface area contributed by atoms with Gasteiger partial charge in [-0.3, -0.25) is 0 Å². The van der Waals surface area contributed by atoms with Crippen LogP contribution in [0.25, 0.3) is 0 Å². The summed E-state index contributed by atoms with van der Waals surface area (Å²) >= 11 is 0. The predicted octanol–water partition coefficient (Wildman–Crippen LogP) is 3.28. The lowest BCUT2D eigenvalue weighted by Crippen LogP contribution is -2.32. The van der Waals surface area contributed by atoms with Crippen LogP contribution in [0.1, 0.15) is 27.2 Å². The molecule has 0 bridgehead atoms. The summed E-state index contributed by atoms with van der Waals surface area (Å²) in [7, 11) is 2.20. The van der Waals surface area contributed by atoms with Gasteiger partial charge in [-0.25, -0.2) is 0 Å². The Morgan fingerprint density at radius 2 is 1.35 bits per heavy atom. The third kappa shape index (κ3) is 13.6. The van der Waals surface area contributed by atoms with E-state index in [0.29, 0.717) is 19.8 Å². The van der Waals surface area contributed by atoms with Gasteiger partial charge in [-0.05, 0) is 47.3 Å². The lowest BCUT2D eigenvalue weighted by Gasteiger charge is -2.26. The van der Waals surface area contributed by atoms with Crippen LogP contribution in [-0.2, 0) is 18.1 Å². The highest BCUT2D eigenvalue weighted by molar-refractivity contribution is 7.47. The molecule has 0 amide bonds. The molecule has 0 saturated heterocycles. The van der Waals surface area contributed by atoms with E-state index in [1.807, 2.05) is 27.8 Å². The largest absolute Gasteiger partial charge is 0.337 e. The summed E-state index contributed by atoms with van der Waals surface area (Å²) in [5.74, 6) is 0. The summed E-state index contributed by atoms with van der Waals surface area (Å²) in [6.07, 6.45) is 3.04. The Bertz CT molecular complexity index is 248. The Kier molecular flexibility index (Phi) is 17.9. The van der Waals surface area contributed by atoms with E-state index in [0.717, 1.165) is 44.9 Å². The standard InChI is InChI=1S/C15H36N2O4P2/c1-6-19-22(18-5)14-12-17(11-9-10-16-4)13-15-23(20-7-2)21-8-3/h16H,6-15H2,1-5H3. The van der Waals surface area contributed by atoms with E-state index in [4.69, 9.17) is 18.1 Å². The summed E-state index contributed by atoms with van der Waals surface area (Å²) in [5.41, 5.74) is 0. The first-order chi connectivity index (χ1) is 11.2. The Balaban J connectivity index is 4.30. The molecule has 1 unspecified atom stereocenters. The molecule has 8 heteroatoms. The van der Waals surface area contributed by atoms with Gasteiger partial charge in [0.05, 0.1) is 19.8 Å². The van der Waals surface area contributed by atoms with Gasteiger partial charge in [0, 0.05) is 32.5 Å². The number of nitrogens with one attached hydrogen (secondary N) is 1. The topological polar surface area (TPSA) is 52.2 Å². The van der Waals surface area contributed by atoms with E-state index in [1.165, 1.54) is 0 Å². The maximum absolute atomic E-state index is 5.70. The van der Waals surface area contributed by atoms with E-state index in [1.54, 1.807) is 7.11 Å². The molecule has 0 aliphatic carbocycles. The van der Waals surface area contributed by atoms with Gasteiger partial charge in [-0.1, -0.05) is 0 Å². The van der Waals surface area contributed by atoms with E-state index < -0.39 is 16.8 Å². The van der Waals surface area contributed by atoms with Crippen LogP contribution in [0.3, 0.4) is 0 Å². The zero-order valence-electron chi connectivity index (χ0n) is 15.5. The Morgan fingerprint density at radius 1 is 0.826 bits per heavy atom. The second kappa shape index (κ2) is 17.4. The molecule has 0 aliphatic rings. The minimum atomic E-state index is -0.764. The Morgan fingerprint density at radius 3 is 1.83 bits per heavy atom. The molecule has 0 spiro atoms. The van der Waals surface area contributed by atoms with Crippen LogP contribution in [0.15, 0.2) is 0 Å². The van der Waals surface area contributed by atoms with Crippen molar-refractivity contribution >= 4 is 16.8 Å². The molecule has 1 atom stereocenters. The van der Waals surface area contributed by atoms with Crippen LogP contribution in [-0.4, -0.2) is 77.4 Å². The maximum Gasteiger partial charge on any atom is 0.171 e. The molecule has 6 nitrogen and oxygen atoms in total. The van der Waals surface area contributed by atoms with Crippen LogP contribution in [0, 0.1) is 0 Å². The van der Waals surface area contributed by atoms with E-state index in [2.05, 4.69) is 10.2 Å². The van der Waals surface area contributed by atoms with Crippen molar-refractivity contribution in [1.29, 1.82) is 0 Å². The normalized spacial score (nSPS) is 13.2. The molecule has 0 aromatic heterocycles. The fourth-order valence-corrected chi connectivity index (χ4v) is 4.57. The SMILES string of the molecule is CCOP(CCN(CCCNC)CCP(OCC)OCC)OC. The van der Waals surface area contributed by atoms with Crippen molar-refractivity contribution in [2.45, 2.75) is 27.2 Å².